The van der Waals surface area contributed by atoms with E-state index in [1.54, 1.807) is 0 Å². The van der Waals surface area contributed by atoms with E-state index in [2.05, 4.69) is 54.6 Å². The fourth-order valence-electron chi connectivity index (χ4n) is 4.08. The van der Waals surface area contributed by atoms with Gasteiger partial charge in [0.05, 0.1) is 12.1 Å². The van der Waals surface area contributed by atoms with Crippen molar-refractivity contribution in [2.45, 2.75) is 64.5 Å². The largest absolute Gasteiger partial charge is 0.376 e. The number of amides is 1. The van der Waals surface area contributed by atoms with Crippen molar-refractivity contribution in [2.24, 2.45) is 0 Å². The van der Waals surface area contributed by atoms with Crippen LogP contribution in [-0.4, -0.2) is 28.4 Å². The smallest absolute Gasteiger partial charge is 0.221 e. The predicted octanol–water partition coefficient (Wildman–Crippen LogP) is 3.22. The second-order valence-electron chi connectivity index (χ2n) is 7.88. The average Bonchev–Trinajstić information content (AvgIpc) is 2.97. The first kappa shape index (κ1) is 18.6. The highest BCUT2D eigenvalue weighted by Gasteiger charge is 2.44. The second-order valence-corrected chi connectivity index (χ2v) is 7.88. The molecule has 1 atom stereocenters. The monoisotopic (exact) mass is 357 g/mol. The molecule has 1 fully saturated rings. The van der Waals surface area contributed by atoms with Gasteiger partial charge in [-0.25, -0.2) is 4.63 Å². The first-order valence-corrected chi connectivity index (χ1v) is 9.06. The maximum atomic E-state index is 12.8. The SMILES string of the molecule is Cc1ccccc1[C@]1(CC(=O)NCc2nonc2C)CCOC(C)(C)C1. The lowest BCUT2D eigenvalue weighted by Crippen LogP contribution is -2.46. The summed E-state index contributed by atoms with van der Waals surface area (Å²) in [7, 11) is 0. The van der Waals surface area contributed by atoms with Crippen molar-refractivity contribution in [2.75, 3.05) is 6.61 Å². The number of hydrogen-bond acceptors (Lipinski definition) is 5. The minimum atomic E-state index is -0.257. The number of benzene rings is 1. The summed E-state index contributed by atoms with van der Waals surface area (Å²) < 4.78 is 10.6. The molecular formula is C20H27N3O3. The van der Waals surface area contributed by atoms with Crippen molar-refractivity contribution in [3.8, 4) is 0 Å². The second kappa shape index (κ2) is 7.19. The molecule has 0 bridgehead atoms. The van der Waals surface area contributed by atoms with Crippen LogP contribution in [0.3, 0.4) is 0 Å². The fraction of sp³-hybridized carbons (Fsp3) is 0.550. The molecule has 1 saturated heterocycles. The number of carbonyl (C=O) groups is 1. The highest BCUT2D eigenvalue weighted by atomic mass is 16.6. The molecule has 0 saturated carbocycles. The Kier molecular flexibility index (Phi) is 5.14. The van der Waals surface area contributed by atoms with Gasteiger partial charge in [-0.15, -0.1) is 0 Å². The van der Waals surface area contributed by atoms with Crippen molar-refractivity contribution >= 4 is 5.91 Å². The van der Waals surface area contributed by atoms with Crippen LogP contribution in [0.2, 0.25) is 0 Å². The molecule has 1 aliphatic rings. The molecule has 140 valence electrons. The molecule has 0 spiro atoms. The molecule has 2 heterocycles. The molecule has 3 rings (SSSR count). The number of aromatic nitrogens is 2. The molecule has 6 heteroatoms. The number of carbonyl (C=O) groups excluding carboxylic acids is 1. The van der Waals surface area contributed by atoms with Crippen LogP contribution in [-0.2, 0) is 21.5 Å². The number of nitrogens with one attached hydrogen (secondary N) is 1. The maximum absolute atomic E-state index is 12.8. The van der Waals surface area contributed by atoms with Gasteiger partial charge in [0.25, 0.3) is 0 Å². The van der Waals surface area contributed by atoms with E-state index >= 15 is 0 Å². The van der Waals surface area contributed by atoms with Crippen LogP contribution in [0, 0.1) is 13.8 Å². The Hall–Kier alpha value is -2.21. The van der Waals surface area contributed by atoms with Crippen LogP contribution in [0.4, 0.5) is 0 Å². The van der Waals surface area contributed by atoms with Crippen LogP contribution >= 0.6 is 0 Å². The van der Waals surface area contributed by atoms with Gasteiger partial charge < -0.3 is 10.1 Å². The van der Waals surface area contributed by atoms with Crippen molar-refractivity contribution in [1.82, 2.24) is 15.6 Å². The molecule has 2 aromatic rings. The minimum absolute atomic E-state index is 0.00773. The number of hydrogen-bond donors (Lipinski definition) is 1. The van der Waals surface area contributed by atoms with Crippen LogP contribution < -0.4 is 5.32 Å². The highest BCUT2D eigenvalue weighted by molar-refractivity contribution is 5.77. The molecule has 1 amide bonds. The molecule has 1 N–H and O–H groups in total. The molecule has 1 aliphatic heterocycles. The zero-order chi connectivity index (χ0) is 18.8. The maximum Gasteiger partial charge on any atom is 0.221 e. The molecule has 0 radical (unpaired) electrons. The van der Waals surface area contributed by atoms with Gasteiger partial charge in [0.2, 0.25) is 5.91 Å². The Labute approximate surface area is 154 Å². The van der Waals surface area contributed by atoms with Crippen molar-refractivity contribution < 1.29 is 14.2 Å². The molecule has 6 nitrogen and oxygen atoms in total. The summed E-state index contributed by atoms with van der Waals surface area (Å²) >= 11 is 0. The Morgan fingerprint density at radius 1 is 1.23 bits per heavy atom. The summed E-state index contributed by atoms with van der Waals surface area (Å²) in [4.78, 5) is 12.8. The third kappa shape index (κ3) is 3.96. The lowest BCUT2D eigenvalue weighted by molar-refractivity contribution is -0.126. The van der Waals surface area contributed by atoms with Gasteiger partial charge >= 0.3 is 0 Å². The van der Waals surface area contributed by atoms with Crippen molar-refractivity contribution in [3.63, 3.8) is 0 Å². The zero-order valence-corrected chi connectivity index (χ0v) is 16.0. The van der Waals surface area contributed by atoms with Crippen molar-refractivity contribution in [1.29, 1.82) is 0 Å². The van der Waals surface area contributed by atoms with E-state index in [9.17, 15) is 4.79 Å². The Morgan fingerprint density at radius 3 is 2.65 bits per heavy atom. The van der Waals surface area contributed by atoms with Gasteiger partial charge in [-0.1, -0.05) is 34.6 Å². The first-order valence-electron chi connectivity index (χ1n) is 9.06. The molecule has 0 aliphatic carbocycles. The standard InChI is InChI=1S/C20H27N3O3/c1-14-7-5-6-8-16(14)20(9-10-25-19(3,4)13-20)11-18(24)21-12-17-15(2)22-26-23-17/h5-8H,9-13H2,1-4H3,(H,21,24)/t20-/m0/s1. The lowest BCUT2D eigenvalue weighted by Gasteiger charge is -2.45. The number of rotatable bonds is 5. The van der Waals surface area contributed by atoms with E-state index in [1.165, 1.54) is 11.1 Å². The summed E-state index contributed by atoms with van der Waals surface area (Å²) in [5.74, 6) is 0.00773. The van der Waals surface area contributed by atoms with Gasteiger partial charge in [-0.3, -0.25) is 4.79 Å². The highest BCUT2D eigenvalue weighted by Crippen LogP contribution is 2.45. The molecule has 0 unspecified atom stereocenters. The van der Waals surface area contributed by atoms with Gasteiger partial charge in [-0.2, -0.15) is 0 Å². The van der Waals surface area contributed by atoms with Crippen LogP contribution in [0.1, 0.15) is 55.6 Å². The summed E-state index contributed by atoms with van der Waals surface area (Å²) in [6.07, 6.45) is 2.07. The molecule has 1 aromatic heterocycles. The van der Waals surface area contributed by atoms with Gasteiger partial charge in [-0.05, 0) is 51.7 Å². The Balaban J connectivity index is 1.81. The fourth-order valence-corrected chi connectivity index (χ4v) is 4.08. The summed E-state index contributed by atoms with van der Waals surface area (Å²) in [6.45, 7) is 9.11. The zero-order valence-electron chi connectivity index (χ0n) is 16.0. The van der Waals surface area contributed by atoms with Gasteiger partial charge in [0.15, 0.2) is 0 Å². The van der Waals surface area contributed by atoms with Crippen LogP contribution in [0.5, 0.6) is 0 Å². The van der Waals surface area contributed by atoms with E-state index in [-0.39, 0.29) is 16.9 Å². The summed E-state index contributed by atoms with van der Waals surface area (Å²) in [5.41, 5.74) is 3.34. The number of nitrogens with zero attached hydrogens (tertiary/aromatic N) is 2. The van der Waals surface area contributed by atoms with E-state index in [0.717, 1.165) is 12.8 Å². The summed E-state index contributed by atoms with van der Waals surface area (Å²) in [6, 6.07) is 8.35. The minimum Gasteiger partial charge on any atom is -0.376 e. The van der Waals surface area contributed by atoms with Crippen molar-refractivity contribution in [3.05, 3.63) is 46.8 Å². The third-order valence-electron chi connectivity index (χ3n) is 5.25. The van der Waals surface area contributed by atoms with E-state index in [1.807, 2.05) is 13.0 Å². The summed E-state index contributed by atoms with van der Waals surface area (Å²) in [5, 5.41) is 10.5. The van der Waals surface area contributed by atoms with E-state index in [0.29, 0.717) is 31.0 Å². The Morgan fingerprint density at radius 2 is 2.00 bits per heavy atom. The van der Waals surface area contributed by atoms with Crippen LogP contribution in [0.25, 0.3) is 0 Å². The van der Waals surface area contributed by atoms with E-state index < -0.39 is 0 Å². The average molecular weight is 357 g/mol. The van der Waals surface area contributed by atoms with E-state index in [4.69, 9.17) is 9.37 Å². The predicted molar refractivity (Wildman–Crippen MR) is 97.6 cm³/mol. The van der Waals surface area contributed by atoms with Crippen LogP contribution in [0.15, 0.2) is 28.9 Å². The first-order chi connectivity index (χ1) is 12.3. The van der Waals surface area contributed by atoms with Gasteiger partial charge in [0.1, 0.15) is 11.4 Å². The topological polar surface area (TPSA) is 77.3 Å². The quantitative estimate of drug-likeness (QED) is 0.889. The Bertz CT molecular complexity index is 784. The van der Waals surface area contributed by atoms with Gasteiger partial charge in [0, 0.05) is 18.4 Å². The molecule has 26 heavy (non-hydrogen) atoms. The number of ether oxygens (including phenoxy) is 1. The lowest BCUT2D eigenvalue weighted by atomic mass is 9.66. The normalized spacial score (nSPS) is 22.2. The number of aryl methyl sites for hydroxylation is 2. The molecule has 1 aromatic carbocycles. The third-order valence-corrected chi connectivity index (χ3v) is 5.25. The molecular weight excluding hydrogens is 330 g/mol.